The lowest BCUT2D eigenvalue weighted by molar-refractivity contribution is 0.311. The fourth-order valence-corrected chi connectivity index (χ4v) is 1.69. The Morgan fingerprint density at radius 3 is 2.73 bits per heavy atom. The second kappa shape index (κ2) is 4.47. The molecular weight excluding hydrogens is 212 g/mol. The maximum absolute atomic E-state index is 8.74. The highest BCUT2D eigenvalue weighted by atomic mass is 35.5. The van der Waals surface area contributed by atoms with Crippen molar-refractivity contribution in [3.05, 3.63) is 35.5 Å². The van der Waals surface area contributed by atoms with Gasteiger partial charge < -0.3 is 10.4 Å². The SMILES string of the molecule is OCCNc1ncc(Cl)c2ccccc12. The number of benzene rings is 1. The van der Waals surface area contributed by atoms with E-state index in [9.17, 15) is 0 Å². The molecule has 0 aliphatic rings. The van der Waals surface area contributed by atoms with Gasteiger partial charge in [0, 0.05) is 23.5 Å². The lowest BCUT2D eigenvalue weighted by atomic mass is 10.1. The molecule has 0 saturated heterocycles. The lowest BCUT2D eigenvalue weighted by Crippen LogP contribution is -2.07. The van der Waals surface area contributed by atoms with Gasteiger partial charge in [0.1, 0.15) is 5.82 Å². The molecule has 2 N–H and O–H groups in total. The second-order valence-electron chi connectivity index (χ2n) is 3.15. The molecule has 1 aromatic carbocycles. The van der Waals surface area contributed by atoms with Gasteiger partial charge in [-0.05, 0) is 0 Å². The molecule has 2 rings (SSSR count). The number of rotatable bonds is 3. The van der Waals surface area contributed by atoms with Gasteiger partial charge in [0.15, 0.2) is 0 Å². The fraction of sp³-hybridized carbons (Fsp3) is 0.182. The number of nitrogens with one attached hydrogen (secondary N) is 1. The molecule has 3 nitrogen and oxygen atoms in total. The van der Waals surface area contributed by atoms with Gasteiger partial charge in [0.05, 0.1) is 11.6 Å². The van der Waals surface area contributed by atoms with Crippen molar-refractivity contribution in [2.45, 2.75) is 0 Å². The Morgan fingerprint density at radius 1 is 1.27 bits per heavy atom. The number of aliphatic hydroxyl groups excluding tert-OH is 1. The van der Waals surface area contributed by atoms with Crippen molar-refractivity contribution in [3.8, 4) is 0 Å². The summed E-state index contributed by atoms with van der Waals surface area (Å²) in [5.41, 5.74) is 0. The smallest absolute Gasteiger partial charge is 0.134 e. The average Bonchev–Trinajstić information content (AvgIpc) is 2.29. The van der Waals surface area contributed by atoms with Crippen molar-refractivity contribution in [3.63, 3.8) is 0 Å². The topological polar surface area (TPSA) is 45.1 Å². The van der Waals surface area contributed by atoms with E-state index in [4.69, 9.17) is 16.7 Å². The van der Waals surface area contributed by atoms with E-state index in [0.29, 0.717) is 11.6 Å². The van der Waals surface area contributed by atoms with E-state index in [0.717, 1.165) is 16.6 Å². The standard InChI is InChI=1S/C11H11ClN2O/c12-10-7-14-11(13-5-6-15)9-4-2-1-3-8(9)10/h1-4,7,15H,5-6H2,(H,13,14). The quantitative estimate of drug-likeness (QED) is 0.838. The zero-order valence-electron chi connectivity index (χ0n) is 8.07. The first-order chi connectivity index (χ1) is 7.33. The van der Waals surface area contributed by atoms with E-state index in [1.165, 1.54) is 0 Å². The first-order valence-electron chi connectivity index (χ1n) is 4.71. The average molecular weight is 223 g/mol. The van der Waals surface area contributed by atoms with Gasteiger partial charge in [0.25, 0.3) is 0 Å². The molecule has 4 heteroatoms. The third-order valence-corrected chi connectivity index (χ3v) is 2.45. The molecule has 0 spiro atoms. The van der Waals surface area contributed by atoms with Crippen LogP contribution in [0.25, 0.3) is 10.8 Å². The lowest BCUT2D eigenvalue weighted by Gasteiger charge is -2.08. The van der Waals surface area contributed by atoms with Crippen LogP contribution >= 0.6 is 11.6 Å². The molecule has 0 unspecified atom stereocenters. The summed E-state index contributed by atoms with van der Waals surface area (Å²) < 4.78 is 0. The minimum Gasteiger partial charge on any atom is -0.395 e. The van der Waals surface area contributed by atoms with Crippen LogP contribution in [0.15, 0.2) is 30.5 Å². The molecule has 0 fully saturated rings. The van der Waals surface area contributed by atoms with Crippen LogP contribution in [0.3, 0.4) is 0 Å². The molecule has 0 amide bonds. The monoisotopic (exact) mass is 222 g/mol. The van der Waals surface area contributed by atoms with Crippen LogP contribution in [0.5, 0.6) is 0 Å². The van der Waals surface area contributed by atoms with Gasteiger partial charge in [0.2, 0.25) is 0 Å². The molecule has 1 heterocycles. The Kier molecular flexibility index (Phi) is 3.04. The highest BCUT2D eigenvalue weighted by Crippen LogP contribution is 2.27. The van der Waals surface area contributed by atoms with Crippen LogP contribution in [0.1, 0.15) is 0 Å². The van der Waals surface area contributed by atoms with E-state index in [2.05, 4.69) is 10.3 Å². The number of anilines is 1. The van der Waals surface area contributed by atoms with Gasteiger partial charge in [-0.25, -0.2) is 4.98 Å². The van der Waals surface area contributed by atoms with Crippen molar-refractivity contribution in [2.75, 3.05) is 18.5 Å². The number of aliphatic hydroxyl groups is 1. The summed E-state index contributed by atoms with van der Waals surface area (Å²) in [6.07, 6.45) is 1.61. The first-order valence-corrected chi connectivity index (χ1v) is 5.08. The molecule has 15 heavy (non-hydrogen) atoms. The summed E-state index contributed by atoms with van der Waals surface area (Å²) in [5.74, 6) is 0.754. The van der Waals surface area contributed by atoms with Crippen LogP contribution in [-0.4, -0.2) is 23.2 Å². The number of hydrogen-bond donors (Lipinski definition) is 2. The zero-order chi connectivity index (χ0) is 10.7. The largest absolute Gasteiger partial charge is 0.395 e. The van der Waals surface area contributed by atoms with Crippen molar-refractivity contribution in [2.24, 2.45) is 0 Å². The van der Waals surface area contributed by atoms with Crippen molar-refractivity contribution in [1.29, 1.82) is 0 Å². The summed E-state index contributed by atoms with van der Waals surface area (Å²) in [7, 11) is 0. The predicted molar refractivity (Wildman–Crippen MR) is 62.3 cm³/mol. The number of hydrogen-bond acceptors (Lipinski definition) is 3. The van der Waals surface area contributed by atoms with Crippen LogP contribution in [0.2, 0.25) is 5.02 Å². The predicted octanol–water partition coefficient (Wildman–Crippen LogP) is 2.29. The van der Waals surface area contributed by atoms with E-state index in [1.54, 1.807) is 6.20 Å². The van der Waals surface area contributed by atoms with Gasteiger partial charge in [-0.15, -0.1) is 0 Å². The van der Waals surface area contributed by atoms with Gasteiger partial charge in [-0.3, -0.25) is 0 Å². The number of nitrogens with zero attached hydrogens (tertiary/aromatic N) is 1. The molecule has 1 aromatic heterocycles. The van der Waals surface area contributed by atoms with E-state index in [-0.39, 0.29) is 6.61 Å². The van der Waals surface area contributed by atoms with Crippen LogP contribution in [0.4, 0.5) is 5.82 Å². The highest BCUT2D eigenvalue weighted by Gasteiger charge is 2.04. The maximum Gasteiger partial charge on any atom is 0.134 e. The molecule has 2 aromatic rings. The van der Waals surface area contributed by atoms with Crippen molar-refractivity contribution in [1.82, 2.24) is 4.98 Å². The summed E-state index contributed by atoms with van der Waals surface area (Å²) in [4.78, 5) is 4.19. The van der Waals surface area contributed by atoms with E-state index < -0.39 is 0 Å². The normalized spacial score (nSPS) is 10.5. The third-order valence-electron chi connectivity index (χ3n) is 2.15. The molecule has 0 aliphatic heterocycles. The molecule has 0 atom stereocenters. The Balaban J connectivity index is 2.51. The summed E-state index contributed by atoms with van der Waals surface area (Å²) >= 11 is 6.02. The van der Waals surface area contributed by atoms with Crippen molar-refractivity contribution >= 4 is 28.2 Å². The summed E-state index contributed by atoms with van der Waals surface area (Å²) in [5, 5.41) is 14.4. The molecule has 0 saturated carbocycles. The van der Waals surface area contributed by atoms with Gasteiger partial charge in [-0.1, -0.05) is 35.9 Å². The Labute approximate surface area is 92.7 Å². The molecule has 0 aliphatic carbocycles. The Hall–Kier alpha value is -1.32. The highest BCUT2D eigenvalue weighted by molar-refractivity contribution is 6.35. The zero-order valence-corrected chi connectivity index (χ0v) is 8.83. The minimum atomic E-state index is 0.0820. The molecular formula is C11H11ClN2O. The number of pyridine rings is 1. The number of fused-ring (bicyclic) bond motifs is 1. The Morgan fingerprint density at radius 2 is 2.00 bits per heavy atom. The molecule has 0 radical (unpaired) electrons. The van der Waals surface area contributed by atoms with Crippen molar-refractivity contribution < 1.29 is 5.11 Å². The second-order valence-corrected chi connectivity index (χ2v) is 3.56. The van der Waals surface area contributed by atoms with Crippen LogP contribution in [0, 0.1) is 0 Å². The summed E-state index contributed by atoms with van der Waals surface area (Å²) in [6, 6.07) is 7.77. The van der Waals surface area contributed by atoms with Gasteiger partial charge in [-0.2, -0.15) is 0 Å². The molecule has 0 bridgehead atoms. The maximum atomic E-state index is 8.74. The van der Waals surface area contributed by atoms with Crippen LogP contribution in [-0.2, 0) is 0 Å². The first kappa shape index (κ1) is 10.2. The summed E-state index contributed by atoms with van der Waals surface area (Å²) in [6.45, 7) is 0.567. The van der Waals surface area contributed by atoms with Crippen LogP contribution < -0.4 is 5.32 Å². The van der Waals surface area contributed by atoms with E-state index >= 15 is 0 Å². The van der Waals surface area contributed by atoms with E-state index in [1.807, 2.05) is 24.3 Å². The third kappa shape index (κ3) is 2.03. The fourth-order valence-electron chi connectivity index (χ4n) is 1.47. The molecule has 78 valence electrons. The minimum absolute atomic E-state index is 0.0820. The number of aromatic nitrogens is 1. The Bertz CT molecular complexity index is 473. The number of halogens is 1. The van der Waals surface area contributed by atoms with Gasteiger partial charge >= 0.3 is 0 Å².